The van der Waals surface area contributed by atoms with Crippen molar-refractivity contribution in [2.24, 2.45) is 0 Å². The van der Waals surface area contributed by atoms with Crippen LogP contribution in [0.5, 0.6) is 0 Å². The Morgan fingerprint density at radius 1 is 0.273 bits per heavy atom. The standard InChI is InChI=1S/C65H45N/c1-4-21-47(22-5-1)56-32-12-13-33-57(56)58-34-15-17-39-62(58)66(53-30-18-25-50(45-53)46-41-43-49(44-42-46)55-36-19-24-48-23-10-11-31-54(48)55)63-40-20-38-61-64(63)59-35-14-16-37-60(59)65(61,51-26-6-2-7-27-51)52-28-8-3-9-29-52/h1-45H. The molecule has 11 aromatic carbocycles. The maximum Gasteiger partial charge on any atom is 0.0714 e. The van der Waals surface area contributed by atoms with E-state index in [0.717, 1.165) is 28.2 Å². The van der Waals surface area contributed by atoms with Gasteiger partial charge in [-0.15, -0.1) is 0 Å². The lowest BCUT2D eigenvalue weighted by Crippen LogP contribution is -2.28. The highest BCUT2D eigenvalue weighted by atomic mass is 15.1. The highest BCUT2D eigenvalue weighted by molar-refractivity contribution is 6.01. The summed E-state index contributed by atoms with van der Waals surface area (Å²) in [5, 5.41) is 2.51. The molecule has 0 bridgehead atoms. The Kier molecular flexibility index (Phi) is 9.81. The van der Waals surface area contributed by atoms with Crippen molar-refractivity contribution in [3.63, 3.8) is 0 Å². The van der Waals surface area contributed by atoms with Crippen LogP contribution in [0.3, 0.4) is 0 Å². The van der Waals surface area contributed by atoms with Crippen molar-refractivity contribution in [1.82, 2.24) is 0 Å². The molecule has 0 saturated heterocycles. The minimum absolute atomic E-state index is 0.538. The van der Waals surface area contributed by atoms with Crippen molar-refractivity contribution in [2.45, 2.75) is 5.41 Å². The SMILES string of the molecule is c1ccc(-c2ccccc2-c2ccccc2N(c2cccc(-c3ccc(-c4cccc5ccccc45)cc3)c2)c2cccc3c2-c2ccccc2C3(c2ccccc2)c2ccccc2)cc1. The van der Waals surface area contributed by atoms with Crippen molar-refractivity contribution >= 4 is 27.8 Å². The van der Waals surface area contributed by atoms with E-state index in [1.54, 1.807) is 0 Å². The fourth-order valence-electron chi connectivity index (χ4n) is 10.7. The second-order valence-electron chi connectivity index (χ2n) is 17.1. The lowest BCUT2D eigenvalue weighted by atomic mass is 9.68. The Morgan fingerprint density at radius 2 is 0.758 bits per heavy atom. The lowest BCUT2D eigenvalue weighted by Gasteiger charge is -2.34. The van der Waals surface area contributed by atoms with E-state index >= 15 is 0 Å². The molecular formula is C65H45N. The second-order valence-corrected chi connectivity index (χ2v) is 17.1. The van der Waals surface area contributed by atoms with Gasteiger partial charge in [-0.05, 0) is 102 Å². The molecule has 1 heteroatoms. The number of hydrogen-bond acceptors (Lipinski definition) is 1. The van der Waals surface area contributed by atoms with Gasteiger partial charge in [0.15, 0.2) is 0 Å². The molecule has 11 aromatic rings. The topological polar surface area (TPSA) is 3.24 Å². The summed E-state index contributed by atoms with van der Waals surface area (Å²) in [6, 6.07) is 100. The minimum atomic E-state index is -0.538. The zero-order chi connectivity index (χ0) is 43.9. The van der Waals surface area contributed by atoms with E-state index in [1.807, 2.05) is 0 Å². The number of nitrogens with zero attached hydrogens (tertiary/aromatic N) is 1. The van der Waals surface area contributed by atoms with Crippen LogP contribution in [0.15, 0.2) is 273 Å². The second kappa shape index (κ2) is 16.6. The molecule has 66 heavy (non-hydrogen) atoms. The van der Waals surface area contributed by atoms with E-state index in [2.05, 4.69) is 278 Å². The predicted octanol–water partition coefficient (Wildman–Crippen LogP) is 17.3. The summed E-state index contributed by atoms with van der Waals surface area (Å²) in [5.41, 5.74) is 19.8. The lowest BCUT2D eigenvalue weighted by molar-refractivity contribution is 0.768. The first-order valence-corrected chi connectivity index (χ1v) is 22.8. The van der Waals surface area contributed by atoms with E-state index in [4.69, 9.17) is 0 Å². The van der Waals surface area contributed by atoms with Crippen LogP contribution in [0, 0.1) is 0 Å². The summed E-state index contributed by atoms with van der Waals surface area (Å²) < 4.78 is 0. The smallest absolute Gasteiger partial charge is 0.0714 e. The van der Waals surface area contributed by atoms with E-state index in [9.17, 15) is 0 Å². The van der Waals surface area contributed by atoms with Gasteiger partial charge in [-0.25, -0.2) is 0 Å². The van der Waals surface area contributed by atoms with E-state index < -0.39 is 5.41 Å². The van der Waals surface area contributed by atoms with Gasteiger partial charge in [0.25, 0.3) is 0 Å². The Labute approximate surface area is 387 Å². The van der Waals surface area contributed by atoms with E-state index in [-0.39, 0.29) is 0 Å². The summed E-state index contributed by atoms with van der Waals surface area (Å²) in [4.78, 5) is 2.52. The number of fused-ring (bicyclic) bond motifs is 4. The van der Waals surface area contributed by atoms with E-state index in [0.29, 0.717) is 0 Å². The van der Waals surface area contributed by atoms with Gasteiger partial charge in [0.1, 0.15) is 0 Å². The predicted molar refractivity (Wildman–Crippen MR) is 278 cm³/mol. The van der Waals surface area contributed by atoms with Crippen molar-refractivity contribution < 1.29 is 0 Å². The first kappa shape index (κ1) is 39.1. The first-order valence-electron chi connectivity index (χ1n) is 22.8. The molecule has 0 heterocycles. The minimum Gasteiger partial charge on any atom is -0.309 e. The van der Waals surface area contributed by atoms with Gasteiger partial charge in [-0.3, -0.25) is 0 Å². The quantitative estimate of drug-likeness (QED) is 0.140. The Hall–Kier alpha value is -8.52. The number of hydrogen-bond donors (Lipinski definition) is 0. The Bertz CT molecular complexity index is 3470. The Morgan fingerprint density at radius 3 is 1.52 bits per heavy atom. The highest BCUT2D eigenvalue weighted by Crippen LogP contribution is 2.60. The van der Waals surface area contributed by atoms with Crippen LogP contribution in [0.4, 0.5) is 17.1 Å². The molecule has 12 rings (SSSR count). The maximum absolute atomic E-state index is 2.52. The third kappa shape index (κ3) is 6.47. The maximum atomic E-state index is 2.52. The van der Waals surface area contributed by atoms with Crippen LogP contribution >= 0.6 is 0 Å². The molecule has 0 N–H and O–H groups in total. The number of para-hydroxylation sites is 1. The molecule has 0 radical (unpaired) electrons. The molecule has 0 aromatic heterocycles. The van der Waals surface area contributed by atoms with Crippen LogP contribution in [-0.2, 0) is 5.41 Å². The van der Waals surface area contributed by atoms with Gasteiger partial charge >= 0.3 is 0 Å². The monoisotopic (exact) mass is 839 g/mol. The van der Waals surface area contributed by atoms with Crippen LogP contribution < -0.4 is 4.90 Å². The normalized spacial score (nSPS) is 12.4. The highest BCUT2D eigenvalue weighted by Gasteiger charge is 2.47. The summed E-state index contributed by atoms with van der Waals surface area (Å²) in [7, 11) is 0. The van der Waals surface area contributed by atoms with Crippen molar-refractivity contribution in [3.8, 4) is 55.6 Å². The Balaban J connectivity index is 1.10. The van der Waals surface area contributed by atoms with Gasteiger partial charge in [0.2, 0.25) is 0 Å². The molecule has 0 spiro atoms. The van der Waals surface area contributed by atoms with Crippen LogP contribution in [0.2, 0.25) is 0 Å². The largest absolute Gasteiger partial charge is 0.309 e. The molecule has 1 aliphatic rings. The summed E-state index contributed by atoms with van der Waals surface area (Å²) in [6.07, 6.45) is 0. The summed E-state index contributed by atoms with van der Waals surface area (Å²) >= 11 is 0. The number of benzene rings is 11. The summed E-state index contributed by atoms with van der Waals surface area (Å²) in [6.45, 7) is 0. The van der Waals surface area contributed by atoms with Gasteiger partial charge in [-0.2, -0.15) is 0 Å². The number of rotatable bonds is 9. The molecule has 1 aliphatic carbocycles. The van der Waals surface area contributed by atoms with Gasteiger partial charge in [-0.1, -0.05) is 249 Å². The van der Waals surface area contributed by atoms with Crippen LogP contribution in [0.1, 0.15) is 22.3 Å². The zero-order valence-corrected chi connectivity index (χ0v) is 36.4. The third-order valence-corrected chi connectivity index (χ3v) is 13.6. The third-order valence-electron chi connectivity index (χ3n) is 13.6. The molecular weight excluding hydrogens is 795 g/mol. The van der Waals surface area contributed by atoms with Crippen LogP contribution in [0.25, 0.3) is 66.4 Å². The summed E-state index contributed by atoms with van der Waals surface area (Å²) in [5.74, 6) is 0. The van der Waals surface area contributed by atoms with Crippen molar-refractivity contribution in [3.05, 3.63) is 295 Å². The fourth-order valence-corrected chi connectivity index (χ4v) is 10.7. The molecule has 310 valence electrons. The number of anilines is 3. The zero-order valence-electron chi connectivity index (χ0n) is 36.4. The van der Waals surface area contributed by atoms with E-state index in [1.165, 1.54) is 77.5 Å². The molecule has 0 fully saturated rings. The van der Waals surface area contributed by atoms with Gasteiger partial charge in [0, 0.05) is 16.8 Å². The molecule has 0 saturated carbocycles. The average molecular weight is 840 g/mol. The molecule has 0 atom stereocenters. The molecule has 1 nitrogen and oxygen atoms in total. The van der Waals surface area contributed by atoms with Crippen LogP contribution in [-0.4, -0.2) is 0 Å². The first-order chi connectivity index (χ1) is 32.8. The van der Waals surface area contributed by atoms with Crippen molar-refractivity contribution in [2.75, 3.05) is 4.90 Å². The average Bonchev–Trinajstić information content (AvgIpc) is 3.71. The molecule has 0 amide bonds. The van der Waals surface area contributed by atoms with Gasteiger partial charge < -0.3 is 4.90 Å². The van der Waals surface area contributed by atoms with Gasteiger partial charge in [0.05, 0.1) is 16.8 Å². The molecule has 0 aliphatic heterocycles. The fraction of sp³-hybridized carbons (Fsp3) is 0.0154. The molecule has 0 unspecified atom stereocenters. The van der Waals surface area contributed by atoms with Crippen molar-refractivity contribution in [1.29, 1.82) is 0 Å².